The molecule has 4 nitrogen and oxygen atoms in total. The minimum Gasteiger partial charge on any atom is -0.383 e. The van der Waals surface area contributed by atoms with Crippen molar-refractivity contribution in [3.8, 4) is 0 Å². The zero-order valence-electron chi connectivity index (χ0n) is 9.62. The Bertz CT molecular complexity index is 276. The molecule has 0 aliphatic heterocycles. The van der Waals surface area contributed by atoms with E-state index in [1.54, 1.807) is 7.11 Å². The van der Waals surface area contributed by atoms with Crippen LogP contribution in [0.4, 0.5) is 0 Å². The maximum Gasteiger partial charge on any atom is 0.0638 e. The van der Waals surface area contributed by atoms with E-state index in [1.165, 1.54) is 5.56 Å². The minimum absolute atomic E-state index is 0. The van der Waals surface area contributed by atoms with Crippen LogP contribution in [0.2, 0.25) is 0 Å². The smallest absolute Gasteiger partial charge is 0.0638 e. The normalized spacial score (nSPS) is 10.1. The zero-order valence-corrected chi connectivity index (χ0v) is 10.4. The first-order chi connectivity index (χ1) is 6.77. The molecule has 0 bridgehead atoms. The monoisotopic (exact) mass is 233 g/mol. The zero-order chi connectivity index (χ0) is 10.4. The van der Waals surface area contributed by atoms with Gasteiger partial charge in [-0.15, -0.1) is 12.4 Å². The lowest BCUT2D eigenvalue weighted by atomic mass is 10.2. The Morgan fingerprint density at radius 2 is 2.27 bits per heavy atom. The van der Waals surface area contributed by atoms with Gasteiger partial charge in [-0.1, -0.05) is 0 Å². The van der Waals surface area contributed by atoms with Gasteiger partial charge in [0.25, 0.3) is 0 Å². The number of nitrogens with zero attached hydrogens (tertiary/aromatic N) is 2. The molecule has 88 valence electrons. The number of rotatable bonds is 6. The van der Waals surface area contributed by atoms with Crippen LogP contribution >= 0.6 is 12.4 Å². The van der Waals surface area contributed by atoms with Crippen molar-refractivity contribution < 1.29 is 4.74 Å². The summed E-state index contributed by atoms with van der Waals surface area (Å²) >= 11 is 0. The molecule has 5 heteroatoms. The first-order valence-corrected chi connectivity index (χ1v) is 5.00. The van der Waals surface area contributed by atoms with Crippen molar-refractivity contribution in [2.24, 2.45) is 0 Å². The van der Waals surface area contributed by atoms with Crippen LogP contribution in [-0.4, -0.2) is 30.0 Å². The summed E-state index contributed by atoms with van der Waals surface area (Å²) in [6.07, 6.45) is 2.09. The Balaban J connectivity index is 0.00000196. The molecule has 1 N–H and O–H groups in total. The molecular weight excluding hydrogens is 214 g/mol. The second-order valence-electron chi connectivity index (χ2n) is 3.27. The standard InChI is InChI=1S/C10H19N3O.ClH/c1-4-13-8-10(9(2)12-13)7-11-5-6-14-3;/h8,11H,4-7H2,1-3H3;1H. The van der Waals surface area contributed by atoms with Crippen LogP contribution in [0, 0.1) is 6.92 Å². The van der Waals surface area contributed by atoms with Gasteiger partial charge in [-0.25, -0.2) is 0 Å². The summed E-state index contributed by atoms with van der Waals surface area (Å²) in [4.78, 5) is 0. The van der Waals surface area contributed by atoms with Crippen molar-refractivity contribution in [1.82, 2.24) is 15.1 Å². The molecule has 1 heterocycles. The maximum absolute atomic E-state index is 4.95. The SMILES string of the molecule is CCn1cc(CNCCOC)c(C)n1.Cl. The largest absolute Gasteiger partial charge is 0.383 e. The molecule has 0 saturated carbocycles. The first-order valence-electron chi connectivity index (χ1n) is 5.00. The highest BCUT2D eigenvalue weighted by Gasteiger charge is 2.02. The summed E-state index contributed by atoms with van der Waals surface area (Å²) in [5.74, 6) is 0. The van der Waals surface area contributed by atoms with E-state index in [0.29, 0.717) is 0 Å². The molecule has 1 aromatic rings. The Hall–Kier alpha value is -0.580. The highest BCUT2D eigenvalue weighted by Crippen LogP contribution is 2.04. The van der Waals surface area contributed by atoms with Gasteiger partial charge in [-0.3, -0.25) is 4.68 Å². The van der Waals surface area contributed by atoms with Crippen molar-refractivity contribution in [3.63, 3.8) is 0 Å². The fourth-order valence-corrected chi connectivity index (χ4v) is 1.29. The molecule has 0 spiro atoms. The summed E-state index contributed by atoms with van der Waals surface area (Å²) in [5, 5.41) is 7.68. The quantitative estimate of drug-likeness (QED) is 0.755. The van der Waals surface area contributed by atoms with Gasteiger partial charge >= 0.3 is 0 Å². The number of halogens is 1. The average Bonchev–Trinajstić information content (AvgIpc) is 2.54. The predicted octanol–water partition coefficient (Wildman–Crippen LogP) is 1.37. The molecule has 15 heavy (non-hydrogen) atoms. The lowest BCUT2D eigenvalue weighted by molar-refractivity contribution is 0.199. The molecule has 0 aliphatic carbocycles. The molecule has 0 unspecified atom stereocenters. The maximum atomic E-state index is 4.95. The van der Waals surface area contributed by atoms with Crippen LogP contribution in [0.3, 0.4) is 0 Å². The van der Waals surface area contributed by atoms with Crippen LogP contribution in [0.15, 0.2) is 6.20 Å². The molecule has 0 saturated heterocycles. The van der Waals surface area contributed by atoms with E-state index in [0.717, 1.165) is 31.9 Å². The van der Waals surface area contributed by atoms with Gasteiger partial charge < -0.3 is 10.1 Å². The predicted molar refractivity (Wildman–Crippen MR) is 63.5 cm³/mol. The average molecular weight is 234 g/mol. The Morgan fingerprint density at radius 1 is 1.53 bits per heavy atom. The summed E-state index contributed by atoms with van der Waals surface area (Å²) in [5.41, 5.74) is 2.37. The van der Waals surface area contributed by atoms with Crippen LogP contribution in [0.25, 0.3) is 0 Å². The van der Waals surface area contributed by atoms with Gasteiger partial charge in [0.05, 0.1) is 12.3 Å². The molecule has 0 radical (unpaired) electrons. The van der Waals surface area contributed by atoms with Gasteiger partial charge in [0.2, 0.25) is 0 Å². The van der Waals surface area contributed by atoms with Crippen LogP contribution in [0.5, 0.6) is 0 Å². The number of hydrogen-bond donors (Lipinski definition) is 1. The van der Waals surface area contributed by atoms with E-state index < -0.39 is 0 Å². The second-order valence-corrected chi connectivity index (χ2v) is 3.27. The number of ether oxygens (including phenoxy) is 1. The van der Waals surface area contributed by atoms with Crippen molar-refractivity contribution in [1.29, 1.82) is 0 Å². The highest BCUT2D eigenvalue weighted by atomic mass is 35.5. The van der Waals surface area contributed by atoms with Gasteiger partial charge in [0, 0.05) is 38.5 Å². The summed E-state index contributed by atoms with van der Waals surface area (Å²) < 4.78 is 6.91. The second kappa shape index (κ2) is 7.68. The van der Waals surface area contributed by atoms with E-state index in [-0.39, 0.29) is 12.4 Å². The van der Waals surface area contributed by atoms with Gasteiger partial charge in [0.15, 0.2) is 0 Å². The lowest BCUT2D eigenvalue weighted by Gasteiger charge is -2.01. The van der Waals surface area contributed by atoms with E-state index in [9.17, 15) is 0 Å². The molecule has 0 atom stereocenters. The minimum atomic E-state index is 0. The first kappa shape index (κ1) is 14.4. The molecular formula is C10H20ClN3O. The summed E-state index contributed by atoms with van der Waals surface area (Å²) in [6, 6.07) is 0. The van der Waals surface area contributed by atoms with Gasteiger partial charge in [0.1, 0.15) is 0 Å². The van der Waals surface area contributed by atoms with Crippen molar-refractivity contribution >= 4 is 12.4 Å². The van der Waals surface area contributed by atoms with E-state index in [1.807, 2.05) is 11.6 Å². The number of aryl methyl sites for hydroxylation is 2. The molecule has 1 rings (SSSR count). The lowest BCUT2D eigenvalue weighted by Crippen LogP contribution is -2.18. The van der Waals surface area contributed by atoms with E-state index in [2.05, 4.69) is 23.5 Å². The molecule has 0 aliphatic rings. The fourth-order valence-electron chi connectivity index (χ4n) is 1.29. The molecule has 0 fully saturated rings. The topological polar surface area (TPSA) is 39.1 Å². The van der Waals surface area contributed by atoms with E-state index >= 15 is 0 Å². The van der Waals surface area contributed by atoms with Gasteiger partial charge in [-0.2, -0.15) is 5.10 Å². The van der Waals surface area contributed by atoms with Crippen molar-refractivity contribution in [3.05, 3.63) is 17.5 Å². The third-order valence-electron chi connectivity index (χ3n) is 2.17. The third kappa shape index (κ3) is 4.64. The van der Waals surface area contributed by atoms with Crippen molar-refractivity contribution in [2.45, 2.75) is 26.9 Å². The van der Waals surface area contributed by atoms with E-state index in [4.69, 9.17) is 4.74 Å². The highest BCUT2D eigenvalue weighted by molar-refractivity contribution is 5.85. The Kier molecular flexibility index (Phi) is 7.38. The van der Waals surface area contributed by atoms with Gasteiger partial charge in [-0.05, 0) is 13.8 Å². The molecule has 0 amide bonds. The van der Waals surface area contributed by atoms with Crippen LogP contribution in [-0.2, 0) is 17.8 Å². The van der Waals surface area contributed by atoms with Crippen molar-refractivity contribution in [2.75, 3.05) is 20.3 Å². The number of methoxy groups -OCH3 is 1. The molecule has 0 aromatic carbocycles. The van der Waals surface area contributed by atoms with Crippen LogP contribution in [0.1, 0.15) is 18.2 Å². The number of nitrogens with one attached hydrogen (secondary N) is 1. The Morgan fingerprint density at radius 3 is 2.80 bits per heavy atom. The number of hydrogen-bond acceptors (Lipinski definition) is 3. The fraction of sp³-hybridized carbons (Fsp3) is 0.700. The summed E-state index contributed by atoms with van der Waals surface area (Å²) in [6.45, 7) is 7.57. The molecule has 1 aromatic heterocycles. The van der Waals surface area contributed by atoms with Crippen LogP contribution < -0.4 is 5.32 Å². The third-order valence-corrected chi connectivity index (χ3v) is 2.17. The summed E-state index contributed by atoms with van der Waals surface area (Å²) in [7, 11) is 1.71. The number of aromatic nitrogens is 2. The Labute approximate surface area is 97.4 Å².